The maximum atomic E-state index is 11.1. The molecule has 0 aliphatic carbocycles. The van der Waals surface area contributed by atoms with E-state index < -0.39 is 5.91 Å². The number of nitrogens with zero attached hydrogens (tertiary/aromatic N) is 1. The van der Waals surface area contributed by atoms with E-state index in [4.69, 9.17) is 5.73 Å². The van der Waals surface area contributed by atoms with Crippen LogP contribution in [-0.4, -0.2) is 10.9 Å². The Labute approximate surface area is 79.2 Å². The molecule has 0 spiro atoms. The minimum atomic E-state index is -0.405. The van der Waals surface area contributed by atoms with E-state index in [0.717, 1.165) is 10.1 Å². The van der Waals surface area contributed by atoms with Gasteiger partial charge in [0.25, 0.3) is 5.91 Å². The number of hydrogen-bond acceptors (Lipinski definition) is 3. The number of thiophene rings is 1. The van der Waals surface area contributed by atoms with Crippen molar-refractivity contribution in [1.82, 2.24) is 4.98 Å². The Kier molecular flexibility index (Phi) is 1.77. The lowest BCUT2D eigenvalue weighted by atomic mass is 10.1. The molecule has 2 aromatic heterocycles. The summed E-state index contributed by atoms with van der Waals surface area (Å²) < 4.78 is 0.931. The van der Waals surface area contributed by atoms with Gasteiger partial charge >= 0.3 is 0 Å². The van der Waals surface area contributed by atoms with Gasteiger partial charge in [-0.05, 0) is 18.4 Å². The predicted molar refractivity (Wildman–Crippen MR) is 52.9 cm³/mol. The standard InChI is InChI=1S/C9H8N2OS/c1-5-7(9(10)12)8-6(4-11-5)2-3-13-8/h2-4H,1H3,(H2,10,12). The van der Waals surface area contributed by atoms with Crippen molar-refractivity contribution in [2.45, 2.75) is 6.92 Å². The Balaban J connectivity index is 2.88. The topological polar surface area (TPSA) is 56.0 Å². The van der Waals surface area contributed by atoms with E-state index in [1.165, 1.54) is 11.3 Å². The van der Waals surface area contributed by atoms with Gasteiger partial charge in [-0.15, -0.1) is 11.3 Å². The predicted octanol–water partition coefficient (Wildman–Crippen LogP) is 1.70. The minimum absolute atomic E-state index is 0.405. The summed E-state index contributed by atoms with van der Waals surface area (Å²) in [6, 6.07) is 1.93. The lowest BCUT2D eigenvalue weighted by molar-refractivity contribution is 0.100. The van der Waals surface area contributed by atoms with Gasteiger partial charge in [-0.25, -0.2) is 0 Å². The summed E-state index contributed by atoms with van der Waals surface area (Å²) in [5.74, 6) is -0.405. The molecular formula is C9H8N2OS. The van der Waals surface area contributed by atoms with E-state index in [2.05, 4.69) is 4.98 Å². The van der Waals surface area contributed by atoms with Crippen LogP contribution in [0.3, 0.4) is 0 Å². The number of hydrogen-bond donors (Lipinski definition) is 1. The van der Waals surface area contributed by atoms with Crippen molar-refractivity contribution < 1.29 is 4.79 Å². The van der Waals surface area contributed by atoms with Gasteiger partial charge in [-0.3, -0.25) is 9.78 Å². The molecule has 0 radical (unpaired) electrons. The maximum Gasteiger partial charge on any atom is 0.252 e. The van der Waals surface area contributed by atoms with Crippen LogP contribution in [0.2, 0.25) is 0 Å². The van der Waals surface area contributed by atoms with E-state index in [0.29, 0.717) is 11.3 Å². The molecule has 2 N–H and O–H groups in total. The van der Waals surface area contributed by atoms with Gasteiger partial charge in [0.2, 0.25) is 0 Å². The molecule has 66 valence electrons. The van der Waals surface area contributed by atoms with Crippen LogP contribution in [0.1, 0.15) is 16.1 Å². The lowest BCUT2D eigenvalue weighted by Crippen LogP contribution is -2.13. The van der Waals surface area contributed by atoms with Crippen LogP contribution in [0, 0.1) is 6.92 Å². The average molecular weight is 192 g/mol. The summed E-state index contributed by atoms with van der Waals surface area (Å²) in [6.45, 7) is 1.79. The Hall–Kier alpha value is -1.42. The first kappa shape index (κ1) is 8.19. The number of amides is 1. The van der Waals surface area contributed by atoms with Crippen LogP contribution in [0.25, 0.3) is 10.1 Å². The Morgan fingerprint density at radius 2 is 2.38 bits per heavy atom. The summed E-state index contributed by atoms with van der Waals surface area (Å²) in [5, 5.41) is 2.91. The van der Waals surface area contributed by atoms with Crippen molar-refractivity contribution in [2.24, 2.45) is 5.73 Å². The molecule has 0 atom stereocenters. The number of carbonyl (C=O) groups excluding carboxylic acids is 1. The SMILES string of the molecule is Cc1ncc2ccsc2c1C(N)=O. The Morgan fingerprint density at radius 1 is 1.62 bits per heavy atom. The number of nitrogens with two attached hydrogens (primary N) is 1. The number of aromatic nitrogens is 1. The number of fused-ring (bicyclic) bond motifs is 1. The van der Waals surface area contributed by atoms with Crippen LogP contribution in [0.4, 0.5) is 0 Å². The summed E-state index contributed by atoms with van der Waals surface area (Å²) in [6.07, 6.45) is 1.76. The van der Waals surface area contributed by atoms with E-state index in [-0.39, 0.29) is 0 Å². The van der Waals surface area contributed by atoms with Crippen molar-refractivity contribution in [3.05, 3.63) is 28.9 Å². The molecule has 0 unspecified atom stereocenters. The molecule has 2 rings (SSSR count). The van der Waals surface area contributed by atoms with E-state index in [1.54, 1.807) is 13.1 Å². The van der Waals surface area contributed by atoms with Gasteiger partial charge in [0.15, 0.2) is 0 Å². The molecule has 3 nitrogen and oxygen atoms in total. The van der Waals surface area contributed by atoms with Crippen molar-refractivity contribution >= 4 is 27.3 Å². The summed E-state index contributed by atoms with van der Waals surface area (Å²) in [7, 11) is 0. The smallest absolute Gasteiger partial charge is 0.252 e. The monoisotopic (exact) mass is 192 g/mol. The van der Waals surface area contributed by atoms with Crippen LogP contribution < -0.4 is 5.73 Å². The Bertz CT molecular complexity index is 475. The molecule has 2 heterocycles. The molecule has 0 saturated heterocycles. The quantitative estimate of drug-likeness (QED) is 0.747. The molecule has 0 aromatic carbocycles. The third-order valence-electron chi connectivity index (χ3n) is 1.93. The molecule has 13 heavy (non-hydrogen) atoms. The fraction of sp³-hybridized carbons (Fsp3) is 0.111. The average Bonchev–Trinajstić information content (AvgIpc) is 2.50. The van der Waals surface area contributed by atoms with Crippen molar-refractivity contribution in [1.29, 1.82) is 0 Å². The second-order valence-electron chi connectivity index (χ2n) is 2.79. The highest BCUT2D eigenvalue weighted by atomic mass is 32.1. The maximum absolute atomic E-state index is 11.1. The molecule has 0 aliphatic rings. The highest BCUT2D eigenvalue weighted by molar-refractivity contribution is 7.17. The van der Waals surface area contributed by atoms with Crippen LogP contribution in [0.15, 0.2) is 17.6 Å². The van der Waals surface area contributed by atoms with Gasteiger partial charge in [0.05, 0.1) is 16.0 Å². The van der Waals surface area contributed by atoms with Gasteiger partial charge in [0, 0.05) is 11.6 Å². The summed E-state index contributed by atoms with van der Waals surface area (Å²) >= 11 is 1.52. The van der Waals surface area contributed by atoms with E-state index in [1.807, 2.05) is 11.4 Å². The molecule has 0 aliphatic heterocycles. The number of primary amides is 1. The number of carbonyl (C=O) groups is 1. The first-order chi connectivity index (χ1) is 6.20. The zero-order chi connectivity index (χ0) is 9.42. The van der Waals surface area contributed by atoms with Crippen LogP contribution in [-0.2, 0) is 0 Å². The summed E-state index contributed by atoms with van der Waals surface area (Å²) in [5.41, 5.74) is 6.51. The minimum Gasteiger partial charge on any atom is -0.365 e. The van der Waals surface area contributed by atoms with Crippen molar-refractivity contribution in [3.63, 3.8) is 0 Å². The second-order valence-corrected chi connectivity index (χ2v) is 3.70. The molecule has 0 saturated carbocycles. The van der Waals surface area contributed by atoms with Crippen molar-refractivity contribution in [2.75, 3.05) is 0 Å². The molecule has 0 bridgehead atoms. The fourth-order valence-electron chi connectivity index (χ4n) is 1.31. The van der Waals surface area contributed by atoms with Crippen LogP contribution >= 0.6 is 11.3 Å². The third-order valence-corrected chi connectivity index (χ3v) is 2.88. The van der Waals surface area contributed by atoms with Crippen molar-refractivity contribution in [3.8, 4) is 0 Å². The van der Waals surface area contributed by atoms with Gasteiger partial charge < -0.3 is 5.73 Å². The van der Waals surface area contributed by atoms with Crippen LogP contribution in [0.5, 0.6) is 0 Å². The molecule has 0 fully saturated rings. The lowest BCUT2D eigenvalue weighted by Gasteiger charge is -2.00. The second kappa shape index (κ2) is 2.81. The molecule has 1 amide bonds. The van der Waals surface area contributed by atoms with E-state index >= 15 is 0 Å². The van der Waals surface area contributed by atoms with Gasteiger partial charge in [-0.1, -0.05) is 0 Å². The van der Waals surface area contributed by atoms with Gasteiger partial charge in [-0.2, -0.15) is 0 Å². The first-order valence-electron chi connectivity index (χ1n) is 3.83. The third kappa shape index (κ3) is 1.19. The molecule has 2 aromatic rings. The Morgan fingerprint density at radius 3 is 3.08 bits per heavy atom. The first-order valence-corrected chi connectivity index (χ1v) is 4.70. The van der Waals surface area contributed by atoms with E-state index in [9.17, 15) is 4.79 Å². The highest BCUT2D eigenvalue weighted by Crippen LogP contribution is 2.25. The normalized spacial score (nSPS) is 10.5. The highest BCUT2D eigenvalue weighted by Gasteiger charge is 2.11. The molecular weight excluding hydrogens is 184 g/mol. The zero-order valence-electron chi connectivity index (χ0n) is 7.07. The molecule has 4 heteroatoms. The summed E-state index contributed by atoms with van der Waals surface area (Å²) in [4.78, 5) is 15.2. The zero-order valence-corrected chi connectivity index (χ0v) is 7.89. The largest absolute Gasteiger partial charge is 0.365 e. The number of pyridine rings is 1. The fourth-order valence-corrected chi connectivity index (χ4v) is 2.28. The number of aryl methyl sites for hydroxylation is 1. The number of rotatable bonds is 1. The van der Waals surface area contributed by atoms with Gasteiger partial charge in [0.1, 0.15) is 0 Å².